The third-order valence-electron chi connectivity index (χ3n) is 6.37. The van der Waals surface area contributed by atoms with Crippen LogP contribution in [0.15, 0.2) is 0 Å². The summed E-state index contributed by atoms with van der Waals surface area (Å²) in [5, 5.41) is 9.11. The van der Waals surface area contributed by atoms with E-state index in [0.717, 1.165) is 23.6 Å². The monoisotopic (exact) mass is 272 g/mol. The van der Waals surface area contributed by atoms with Crippen LogP contribution in [0.2, 0.25) is 0 Å². The van der Waals surface area contributed by atoms with E-state index in [2.05, 4.69) is 14.8 Å². The Balaban J connectivity index is 1.61. The predicted octanol–water partition coefficient (Wildman–Crippen LogP) is 2.54. The van der Waals surface area contributed by atoms with Crippen molar-refractivity contribution in [1.82, 2.24) is 14.8 Å². The van der Waals surface area contributed by atoms with Crippen LogP contribution in [0.1, 0.15) is 69.1 Å². The topological polar surface area (TPSA) is 56.7 Å². The van der Waals surface area contributed by atoms with Crippen molar-refractivity contribution >= 4 is 0 Å². The predicted molar refractivity (Wildman–Crippen MR) is 76.0 cm³/mol. The zero-order valence-corrected chi connectivity index (χ0v) is 12.1. The van der Waals surface area contributed by atoms with Crippen LogP contribution < -0.4 is 5.73 Å². The maximum absolute atomic E-state index is 5.90. The largest absolute Gasteiger partial charge is 0.324 e. The number of aromatic nitrogens is 3. The summed E-state index contributed by atoms with van der Waals surface area (Å²) >= 11 is 0. The number of nitrogens with two attached hydrogens (primary N) is 1. The van der Waals surface area contributed by atoms with Gasteiger partial charge in [0.2, 0.25) is 0 Å². The molecule has 5 aliphatic carbocycles. The minimum atomic E-state index is 0.359. The molecule has 1 heterocycles. The van der Waals surface area contributed by atoms with Crippen molar-refractivity contribution in [2.45, 2.75) is 69.4 Å². The van der Waals surface area contributed by atoms with Crippen molar-refractivity contribution in [1.29, 1.82) is 0 Å². The van der Waals surface area contributed by atoms with Crippen molar-refractivity contribution in [3.63, 3.8) is 0 Å². The van der Waals surface area contributed by atoms with E-state index in [1.807, 2.05) is 0 Å². The lowest BCUT2D eigenvalue weighted by Gasteiger charge is -2.56. The molecule has 4 nitrogen and oxygen atoms in total. The molecule has 4 heteroatoms. The van der Waals surface area contributed by atoms with Gasteiger partial charge in [-0.3, -0.25) is 0 Å². The molecule has 5 fully saturated rings. The average molecular weight is 272 g/mol. The van der Waals surface area contributed by atoms with Crippen LogP contribution in [0, 0.1) is 17.8 Å². The van der Waals surface area contributed by atoms with Crippen LogP contribution in [0.5, 0.6) is 0 Å². The number of rotatable bonds is 3. The SMILES string of the molecule is NCc1nnc(C23CC4CC(CC(C4)C2)C3)n1C1CC1. The van der Waals surface area contributed by atoms with Gasteiger partial charge in [-0.05, 0) is 69.1 Å². The third-order valence-corrected chi connectivity index (χ3v) is 6.37. The first-order valence-corrected chi connectivity index (χ1v) is 8.42. The highest BCUT2D eigenvalue weighted by atomic mass is 15.3. The van der Waals surface area contributed by atoms with E-state index in [1.54, 1.807) is 0 Å². The van der Waals surface area contributed by atoms with E-state index in [0.29, 0.717) is 18.0 Å². The number of nitrogens with zero attached hydrogens (tertiary/aromatic N) is 3. The van der Waals surface area contributed by atoms with E-state index >= 15 is 0 Å². The summed E-state index contributed by atoms with van der Waals surface area (Å²) in [5.74, 6) is 5.24. The second-order valence-corrected chi connectivity index (χ2v) is 7.94. The molecule has 1 aromatic heterocycles. The first-order chi connectivity index (χ1) is 9.77. The molecule has 20 heavy (non-hydrogen) atoms. The minimum Gasteiger partial charge on any atom is -0.324 e. The Hall–Kier alpha value is -0.900. The van der Waals surface area contributed by atoms with Crippen molar-refractivity contribution in [3.05, 3.63) is 11.6 Å². The fourth-order valence-corrected chi connectivity index (χ4v) is 5.93. The smallest absolute Gasteiger partial charge is 0.147 e. The summed E-state index contributed by atoms with van der Waals surface area (Å²) < 4.78 is 2.45. The number of hydrogen-bond donors (Lipinski definition) is 1. The standard InChI is InChI=1S/C16H24N4/c17-9-14-18-19-15(20(14)13-1-2-13)16-6-10-3-11(7-16)5-12(4-10)8-16/h10-13H,1-9,17H2. The molecule has 5 aliphatic rings. The molecule has 2 N–H and O–H groups in total. The van der Waals surface area contributed by atoms with Gasteiger partial charge in [-0.25, -0.2) is 0 Å². The number of hydrogen-bond acceptors (Lipinski definition) is 3. The maximum Gasteiger partial charge on any atom is 0.147 e. The Morgan fingerprint density at radius 1 is 1.00 bits per heavy atom. The first kappa shape index (κ1) is 11.7. The quantitative estimate of drug-likeness (QED) is 0.920. The van der Waals surface area contributed by atoms with Gasteiger partial charge in [0, 0.05) is 11.5 Å². The summed E-state index contributed by atoms with van der Waals surface area (Å²) in [7, 11) is 0. The Bertz CT molecular complexity index is 507. The molecule has 0 aromatic carbocycles. The van der Waals surface area contributed by atoms with Crippen LogP contribution in [-0.2, 0) is 12.0 Å². The minimum absolute atomic E-state index is 0.359. The van der Waals surface area contributed by atoms with Gasteiger partial charge in [0.05, 0.1) is 6.54 Å². The maximum atomic E-state index is 5.90. The molecule has 0 atom stereocenters. The summed E-state index contributed by atoms with van der Waals surface area (Å²) in [4.78, 5) is 0. The highest BCUT2D eigenvalue weighted by Crippen LogP contribution is 2.61. The molecule has 0 aliphatic heterocycles. The van der Waals surface area contributed by atoms with Crippen molar-refractivity contribution in [3.8, 4) is 0 Å². The van der Waals surface area contributed by atoms with Gasteiger partial charge < -0.3 is 10.3 Å². The van der Waals surface area contributed by atoms with Crippen molar-refractivity contribution in [2.75, 3.05) is 0 Å². The fraction of sp³-hybridized carbons (Fsp3) is 0.875. The van der Waals surface area contributed by atoms with E-state index in [1.165, 1.54) is 57.2 Å². The summed E-state index contributed by atoms with van der Waals surface area (Å²) in [6, 6.07) is 0.659. The van der Waals surface area contributed by atoms with Gasteiger partial charge in [0.1, 0.15) is 11.6 Å². The van der Waals surface area contributed by atoms with Gasteiger partial charge >= 0.3 is 0 Å². The molecule has 0 radical (unpaired) electrons. The zero-order chi connectivity index (χ0) is 13.3. The summed E-state index contributed by atoms with van der Waals surface area (Å²) in [6.07, 6.45) is 11.2. The van der Waals surface area contributed by atoms with Crippen LogP contribution in [0.4, 0.5) is 0 Å². The zero-order valence-electron chi connectivity index (χ0n) is 12.1. The van der Waals surface area contributed by atoms with E-state index < -0.39 is 0 Å². The highest BCUT2D eigenvalue weighted by Gasteiger charge is 2.54. The molecule has 5 saturated carbocycles. The van der Waals surface area contributed by atoms with Gasteiger partial charge in [-0.15, -0.1) is 10.2 Å². The lowest BCUT2D eigenvalue weighted by Crippen LogP contribution is -2.49. The molecule has 0 saturated heterocycles. The molecule has 4 bridgehead atoms. The van der Waals surface area contributed by atoms with Gasteiger partial charge in [0.25, 0.3) is 0 Å². The average Bonchev–Trinajstić information content (AvgIpc) is 3.15. The summed E-state index contributed by atoms with van der Waals surface area (Å²) in [5.41, 5.74) is 6.26. The Kier molecular flexibility index (Phi) is 2.25. The highest BCUT2D eigenvalue weighted by molar-refractivity contribution is 5.20. The van der Waals surface area contributed by atoms with Crippen LogP contribution in [0.25, 0.3) is 0 Å². The molecule has 108 valence electrons. The Morgan fingerprint density at radius 3 is 2.10 bits per heavy atom. The second-order valence-electron chi connectivity index (χ2n) is 7.94. The van der Waals surface area contributed by atoms with E-state index in [9.17, 15) is 0 Å². The third kappa shape index (κ3) is 1.51. The molecular formula is C16H24N4. The van der Waals surface area contributed by atoms with E-state index in [-0.39, 0.29) is 0 Å². The molecule has 0 unspecified atom stereocenters. The van der Waals surface area contributed by atoms with Gasteiger partial charge in [0.15, 0.2) is 0 Å². The molecule has 0 spiro atoms. The van der Waals surface area contributed by atoms with Crippen LogP contribution in [0.3, 0.4) is 0 Å². The van der Waals surface area contributed by atoms with Crippen LogP contribution >= 0.6 is 0 Å². The molecule has 6 rings (SSSR count). The van der Waals surface area contributed by atoms with Gasteiger partial charge in [-0.1, -0.05) is 0 Å². The van der Waals surface area contributed by atoms with Gasteiger partial charge in [-0.2, -0.15) is 0 Å². The molecular weight excluding hydrogens is 248 g/mol. The lowest BCUT2D eigenvalue weighted by atomic mass is 9.49. The van der Waals surface area contributed by atoms with Crippen LogP contribution in [-0.4, -0.2) is 14.8 Å². The first-order valence-electron chi connectivity index (χ1n) is 8.42. The Labute approximate surface area is 120 Å². The Morgan fingerprint density at radius 2 is 1.60 bits per heavy atom. The molecule has 0 amide bonds. The summed E-state index contributed by atoms with van der Waals surface area (Å²) in [6.45, 7) is 0.538. The van der Waals surface area contributed by atoms with Crippen molar-refractivity contribution < 1.29 is 0 Å². The normalized spacial score (nSPS) is 42.4. The fourth-order valence-electron chi connectivity index (χ4n) is 5.93. The van der Waals surface area contributed by atoms with E-state index in [4.69, 9.17) is 5.73 Å². The lowest BCUT2D eigenvalue weighted by molar-refractivity contribution is -0.0112. The molecule has 1 aromatic rings. The second kappa shape index (κ2) is 3.85. The van der Waals surface area contributed by atoms with Crippen molar-refractivity contribution in [2.24, 2.45) is 23.5 Å².